The van der Waals surface area contributed by atoms with Gasteiger partial charge in [-0.1, -0.05) is 12.1 Å². The zero-order valence-corrected chi connectivity index (χ0v) is 16.7. The van der Waals surface area contributed by atoms with Gasteiger partial charge in [0.1, 0.15) is 0 Å². The van der Waals surface area contributed by atoms with Gasteiger partial charge in [-0.3, -0.25) is 9.48 Å². The van der Waals surface area contributed by atoms with Gasteiger partial charge in [0.05, 0.1) is 22.9 Å². The number of nitriles is 1. The quantitative estimate of drug-likeness (QED) is 0.660. The molecule has 2 aromatic heterocycles. The zero-order chi connectivity index (χ0) is 20.3. The van der Waals surface area contributed by atoms with Crippen molar-refractivity contribution in [2.24, 2.45) is 7.05 Å². The number of hydrogen-bond acceptors (Lipinski definition) is 5. The number of nitrogens with zero attached hydrogens (tertiary/aromatic N) is 6. The largest absolute Gasteiger partial charge is 0.333 e. The van der Waals surface area contributed by atoms with Crippen LogP contribution in [0.1, 0.15) is 27.2 Å². The van der Waals surface area contributed by atoms with E-state index in [1.54, 1.807) is 23.0 Å². The highest BCUT2D eigenvalue weighted by Gasteiger charge is 2.19. The predicted molar refractivity (Wildman–Crippen MR) is 108 cm³/mol. The summed E-state index contributed by atoms with van der Waals surface area (Å²) in [6.45, 7) is 3.74. The van der Waals surface area contributed by atoms with E-state index in [4.69, 9.17) is 5.26 Å². The SMILES string of the molecule is Cc1nn(C)c2ncc(C(=O)N(CCN(C)C)Cc3ccc(C#N)cc3)cc12. The molecule has 0 aliphatic rings. The maximum atomic E-state index is 13.2. The van der Waals surface area contributed by atoms with Crippen molar-refractivity contribution in [3.8, 4) is 6.07 Å². The molecule has 0 aliphatic carbocycles. The van der Waals surface area contributed by atoms with E-state index in [0.29, 0.717) is 24.2 Å². The Hall–Kier alpha value is -3.24. The van der Waals surface area contributed by atoms with Crippen LogP contribution in [0.4, 0.5) is 0 Å². The lowest BCUT2D eigenvalue weighted by molar-refractivity contribution is 0.0731. The summed E-state index contributed by atoms with van der Waals surface area (Å²) in [5.41, 5.74) is 3.76. The zero-order valence-electron chi connectivity index (χ0n) is 16.7. The summed E-state index contributed by atoms with van der Waals surface area (Å²) < 4.78 is 1.72. The van der Waals surface area contributed by atoms with Crippen molar-refractivity contribution in [2.75, 3.05) is 27.2 Å². The first-order chi connectivity index (χ1) is 13.4. The summed E-state index contributed by atoms with van der Waals surface area (Å²) in [4.78, 5) is 21.5. The minimum absolute atomic E-state index is 0.0659. The molecule has 0 spiro atoms. The average Bonchev–Trinajstić information content (AvgIpc) is 2.98. The van der Waals surface area contributed by atoms with Crippen LogP contribution in [0.2, 0.25) is 0 Å². The number of aromatic nitrogens is 3. The van der Waals surface area contributed by atoms with Crippen LogP contribution in [0.25, 0.3) is 11.0 Å². The number of hydrogen-bond donors (Lipinski definition) is 0. The maximum Gasteiger partial charge on any atom is 0.255 e. The van der Waals surface area contributed by atoms with Gasteiger partial charge in [0, 0.05) is 38.3 Å². The summed E-state index contributed by atoms with van der Waals surface area (Å²) in [5.74, 6) is -0.0659. The molecule has 28 heavy (non-hydrogen) atoms. The number of fused-ring (bicyclic) bond motifs is 1. The van der Waals surface area contributed by atoms with Gasteiger partial charge in [0.15, 0.2) is 5.65 Å². The second kappa shape index (κ2) is 8.19. The van der Waals surface area contributed by atoms with E-state index < -0.39 is 0 Å². The van der Waals surface area contributed by atoms with E-state index in [1.807, 2.05) is 56.1 Å². The molecule has 2 heterocycles. The fourth-order valence-electron chi connectivity index (χ4n) is 3.09. The molecule has 1 aromatic carbocycles. The Kier molecular flexibility index (Phi) is 5.71. The lowest BCUT2D eigenvalue weighted by Gasteiger charge is -2.24. The summed E-state index contributed by atoms with van der Waals surface area (Å²) in [5, 5.41) is 14.2. The minimum Gasteiger partial charge on any atom is -0.333 e. The van der Waals surface area contributed by atoms with Crippen LogP contribution in [0.5, 0.6) is 0 Å². The molecular weight excluding hydrogens is 352 g/mol. The molecule has 0 fully saturated rings. The Morgan fingerprint density at radius 2 is 1.93 bits per heavy atom. The van der Waals surface area contributed by atoms with Crippen molar-refractivity contribution in [1.82, 2.24) is 24.6 Å². The summed E-state index contributed by atoms with van der Waals surface area (Å²) >= 11 is 0. The van der Waals surface area contributed by atoms with Crippen LogP contribution in [-0.2, 0) is 13.6 Å². The third-order valence-corrected chi connectivity index (χ3v) is 4.67. The number of benzene rings is 1. The lowest BCUT2D eigenvalue weighted by Crippen LogP contribution is -2.36. The molecule has 3 rings (SSSR count). The lowest BCUT2D eigenvalue weighted by atomic mass is 10.1. The third kappa shape index (κ3) is 4.18. The number of likely N-dealkylation sites (N-methyl/N-ethyl adjacent to an activating group) is 1. The van der Waals surface area contributed by atoms with Crippen molar-refractivity contribution in [2.45, 2.75) is 13.5 Å². The van der Waals surface area contributed by atoms with Gasteiger partial charge in [-0.05, 0) is 44.8 Å². The molecule has 0 unspecified atom stereocenters. The molecule has 1 amide bonds. The van der Waals surface area contributed by atoms with E-state index in [9.17, 15) is 4.79 Å². The molecule has 144 valence electrons. The van der Waals surface area contributed by atoms with Gasteiger partial charge in [0.2, 0.25) is 0 Å². The molecule has 3 aromatic rings. The Bertz CT molecular complexity index is 1030. The molecule has 7 nitrogen and oxygen atoms in total. The normalized spacial score (nSPS) is 11.0. The molecule has 7 heteroatoms. The first kappa shape index (κ1) is 19.5. The van der Waals surface area contributed by atoms with Crippen LogP contribution < -0.4 is 0 Å². The van der Waals surface area contributed by atoms with Gasteiger partial charge >= 0.3 is 0 Å². The van der Waals surface area contributed by atoms with E-state index in [1.165, 1.54) is 0 Å². The molecule has 0 saturated heterocycles. The van der Waals surface area contributed by atoms with Crippen molar-refractivity contribution in [3.63, 3.8) is 0 Å². The average molecular weight is 376 g/mol. The van der Waals surface area contributed by atoms with Gasteiger partial charge in [-0.25, -0.2) is 4.98 Å². The smallest absolute Gasteiger partial charge is 0.255 e. The first-order valence-electron chi connectivity index (χ1n) is 9.11. The molecular formula is C21H24N6O. The number of amides is 1. The van der Waals surface area contributed by atoms with E-state index in [-0.39, 0.29) is 5.91 Å². The highest BCUT2D eigenvalue weighted by Crippen LogP contribution is 2.18. The molecule has 0 bridgehead atoms. The van der Waals surface area contributed by atoms with Crippen LogP contribution in [0, 0.1) is 18.3 Å². The highest BCUT2D eigenvalue weighted by atomic mass is 16.2. The standard InChI is InChI=1S/C21H24N6O/c1-15-19-11-18(13-23-20(19)26(4)24-15)21(28)27(10-9-25(2)3)14-17-7-5-16(12-22)6-8-17/h5-8,11,13H,9-10,14H2,1-4H3. The van der Waals surface area contributed by atoms with Gasteiger partial charge in [-0.15, -0.1) is 0 Å². The number of pyridine rings is 1. The second-order valence-corrected chi connectivity index (χ2v) is 7.14. The van der Waals surface area contributed by atoms with Crippen molar-refractivity contribution in [3.05, 3.63) is 58.9 Å². The van der Waals surface area contributed by atoms with Crippen LogP contribution in [0.3, 0.4) is 0 Å². The number of carbonyl (C=O) groups excluding carboxylic acids is 1. The van der Waals surface area contributed by atoms with Gasteiger partial charge in [0.25, 0.3) is 5.91 Å². The Morgan fingerprint density at radius 1 is 1.21 bits per heavy atom. The minimum atomic E-state index is -0.0659. The second-order valence-electron chi connectivity index (χ2n) is 7.14. The third-order valence-electron chi connectivity index (χ3n) is 4.67. The predicted octanol–water partition coefficient (Wildman–Crippen LogP) is 2.35. The Morgan fingerprint density at radius 3 is 2.57 bits per heavy atom. The number of rotatable bonds is 6. The van der Waals surface area contributed by atoms with Crippen LogP contribution in [-0.4, -0.2) is 57.7 Å². The van der Waals surface area contributed by atoms with E-state index in [2.05, 4.69) is 16.2 Å². The summed E-state index contributed by atoms with van der Waals surface area (Å²) in [6.07, 6.45) is 1.62. The fraction of sp³-hybridized carbons (Fsp3) is 0.333. The summed E-state index contributed by atoms with van der Waals surface area (Å²) in [7, 11) is 5.81. The van der Waals surface area contributed by atoms with E-state index >= 15 is 0 Å². The molecule has 0 aliphatic heterocycles. The van der Waals surface area contributed by atoms with E-state index in [0.717, 1.165) is 28.8 Å². The van der Waals surface area contributed by atoms with Crippen molar-refractivity contribution < 1.29 is 4.79 Å². The summed E-state index contributed by atoms with van der Waals surface area (Å²) in [6, 6.07) is 11.3. The number of carbonyl (C=O) groups is 1. The first-order valence-corrected chi connectivity index (χ1v) is 9.11. The topological polar surface area (TPSA) is 78.1 Å². The maximum absolute atomic E-state index is 13.2. The van der Waals surface area contributed by atoms with Crippen LogP contribution in [0.15, 0.2) is 36.5 Å². The molecule has 0 radical (unpaired) electrons. The highest BCUT2D eigenvalue weighted by molar-refractivity contribution is 5.97. The monoisotopic (exact) mass is 376 g/mol. The van der Waals surface area contributed by atoms with Crippen LogP contribution >= 0.6 is 0 Å². The van der Waals surface area contributed by atoms with Gasteiger partial charge in [-0.2, -0.15) is 10.4 Å². The van der Waals surface area contributed by atoms with Crippen molar-refractivity contribution in [1.29, 1.82) is 5.26 Å². The molecule has 0 saturated carbocycles. The number of aryl methyl sites for hydroxylation is 2. The molecule has 0 atom stereocenters. The Labute approximate surface area is 164 Å². The molecule has 0 N–H and O–H groups in total. The van der Waals surface area contributed by atoms with Crippen molar-refractivity contribution >= 4 is 16.9 Å². The fourth-order valence-corrected chi connectivity index (χ4v) is 3.09. The van der Waals surface area contributed by atoms with Gasteiger partial charge < -0.3 is 9.80 Å². The Balaban J connectivity index is 1.88.